The van der Waals surface area contributed by atoms with Crippen LogP contribution in [0.15, 0.2) is 29.3 Å². The lowest BCUT2D eigenvalue weighted by Gasteiger charge is -2.19. The van der Waals surface area contributed by atoms with Crippen LogP contribution in [0.2, 0.25) is 5.02 Å². The quantitative estimate of drug-likeness (QED) is 0.635. The van der Waals surface area contributed by atoms with Crippen LogP contribution in [0.4, 0.5) is 0 Å². The number of aryl methyl sites for hydroxylation is 2. The SMILES string of the molecule is CN=C(NCCc1sc(C)nc1C)NC(C)c1ccccc1Cl. The van der Waals surface area contributed by atoms with Crippen LogP contribution in [-0.4, -0.2) is 24.5 Å². The smallest absolute Gasteiger partial charge is 0.191 e. The highest BCUT2D eigenvalue weighted by molar-refractivity contribution is 7.11. The van der Waals surface area contributed by atoms with E-state index in [1.165, 1.54) is 4.88 Å². The van der Waals surface area contributed by atoms with Gasteiger partial charge in [-0.05, 0) is 32.4 Å². The van der Waals surface area contributed by atoms with E-state index in [0.717, 1.165) is 40.2 Å². The fourth-order valence-corrected chi connectivity index (χ4v) is 3.64. The molecule has 6 heteroatoms. The predicted molar refractivity (Wildman–Crippen MR) is 99.7 cm³/mol. The first-order valence-electron chi connectivity index (χ1n) is 7.65. The van der Waals surface area contributed by atoms with Gasteiger partial charge in [0.1, 0.15) is 0 Å². The molecule has 0 fully saturated rings. The van der Waals surface area contributed by atoms with Crippen molar-refractivity contribution >= 4 is 28.9 Å². The van der Waals surface area contributed by atoms with E-state index in [0.29, 0.717) is 0 Å². The molecule has 4 nitrogen and oxygen atoms in total. The van der Waals surface area contributed by atoms with Gasteiger partial charge in [-0.15, -0.1) is 11.3 Å². The van der Waals surface area contributed by atoms with Gasteiger partial charge in [0, 0.05) is 29.9 Å². The molecule has 1 heterocycles. The van der Waals surface area contributed by atoms with E-state index in [9.17, 15) is 0 Å². The molecule has 0 spiro atoms. The van der Waals surface area contributed by atoms with Crippen molar-refractivity contribution in [3.8, 4) is 0 Å². The highest BCUT2D eigenvalue weighted by atomic mass is 35.5. The minimum Gasteiger partial charge on any atom is -0.356 e. The van der Waals surface area contributed by atoms with Crippen molar-refractivity contribution in [2.24, 2.45) is 4.99 Å². The Kier molecular flexibility index (Phi) is 6.42. The average Bonchev–Trinajstić information content (AvgIpc) is 2.84. The van der Waals surface area contributed by atoms with Gasteiger partial charge in [0.25, 0.3) is 0 Å². The number of hydrogen-bond donors (Lipinski definition) is 2. The molecular formula is C17H23ClN4S. The third-order valence-corrected chi connectivity index (χ3v) is 5.07. The van der Waals surface area contributed by atoms with Crippen molar-refractivity contribution in [2.75, 3.05) is 13.6 Å². The van der Waals surface area contributed by atoms with Crippen LogP contribution in [0.1, 0.15) is 34.1 Å². The van der Waals surface area contributed by atoms with Crippen LogP contribution >= 0.6 is 22.9 Å². The molecule has 124 valence electrons. The molecule has 1 atom stereocenters. The molecule has 2 N–H and O–H groups in total. The number of guanidine groups is 1. The minimum absolute atomic E-state index is 0.0854. The van der Waals surface area contributed by atoms with Crippen LogP contribution < -0.4 is 10.6 Å². The lowest BCUT2D eigenvalue weighted by Crippen LogP contribution is -2.39. The Labute approximate surface area is 147 Å². The molecule has 0 bridgehead atoms. The van der Waals surface area contributed by atoms with Crippen LogP contribution in [0, 0.1) is 13.8 Å². The summed E-state index contributed by atoms with van der Waals surface area (Å²) in [6.07, 6.45) is 0.943. The molecule has 1 aromatic heterocycles. The van der Waals surface area contributed by atoms with Gasteiger partial charge in [-0.3, -0.25) is 4.99 Å². The van der Waals surface area contributed by atoms with E-state index in [4.69, 9.17) is 11.6 Å². The zero-order valence-corrected chi connectivity index (χ0v) is 15.6. The summed E-state index contributed by atoms with van der Waals surface area (Å²) in [4.78, 5) is 10.1. The second-order valence-electron chi connectivity index (χ2n) is 5.38. The average molecular weight is 351 g/mol. The van der Waals surface area contributed by atoms with Crippen molar-refractivity contribution in [1.82, 2.24) is 15.6 Å². The summed E-state index contributed by atoms with van der Waals surface area (Å²) in [6, 6.07) is 7.94. The van der Waals surface area contributed by atoms with Gasteiger partial charge in [-0.1, -0.05) is 29.8 Å². The number of aliphatic imine (C=N–C) groups is 1. The van der Waals surface area contributed by atoms with Crippen molar-refractivity contribution in [2.45, 2.75) is 33.2 Å². The first kappa shape index (κ1) is 17.8. The number of aromatic nitrogens is 1. The Balaban J connectivity index is 1.88. The normalized spacial score (nSPS) is 13.0. The van der Waals surface area contributed by atoms with Gasteiger partial charge in [-0.25, -0.2) is 4.98 Å². The molecule has 2 aromatic rings. The third-order valence-electron chi connectivity index (χ3n) is 3.59. The van der Waals surface area contributed by atoms with Crippen molar-refractivity contribution < 1.29 is 0 Å². The molecule has 0 radical (unpaired) electrons. The van der Waals surface area contributed by atoms with E-state index >= 15 is 0 Å². The van der Waals surface area contributed by atoms with Gasteiger partial charge in [0.15, 0.2) is 5.96 Å². The summed E-state index contributed by atoms with van der Waals surface area (Å²) < 4.78 is 0. The molecule has 0 aliphatic rings. The number of halogens is 1. The van der Waals surface area contributed by atoms with Crippen molar-refractivity contribution in [3.05, 3.63) is 50.4 Å². The summed E-state index contributed by atoms with van der Waals surface area (Å²) in [5.74, 6) is 0.774. The molecule has 1 unspecified atom stereocenters. The molecule has 0 amide bonds. The second kappa shape index (κ2) is 8.31. The fraction of sp³-hybridized carbons (Fsp3) is 0.412. The van der Waals surface area contributed by atoms with Crippen molar-refractivity contribution in [3.63, 3.8) is 0 Å². The lowest BCUT2D eigenvalue weighted by molar-refractivity contribution is 0.685. The zero-order valence-electron chi connectivity index (χ0n) is 14.0. The summed E-state index contributed by atoms with van der Waals surface area (Å²) >= 11 is 8.00. The lowest BCUT2D eigenvalue weighted by atomic mass is 10.1. The number of rotatable bonds is 5. The number of hydrogen-bond acceptors (Lipinski definition) is 3. The molecule has 0 saturated carbocycles. The summed E-state index contributed by atoms with van der Waals surface area (Å²) in [6.45, 7) is 6.99. The Hall–Kier alpha value is -1.59. The maximum Gasteiger partial charge on any atom is 0.191 e. The van der Waals surface area contributed by atoms with E-state index < -0.39 is 0 Å². The van der Waals surface area contributed by atoms with E-state index in [2.05, 4.69) is 34.5 Å². The van der Waals surface area contributed by atoms with Crippen LogP contribution in [-0.2, 0) is 6.42 Å². The maximum absolute atomic E-state index is 6.24. The Morgan fingerprint density at radius 3 is 2.70 bits per heavy atom. The Morgan fingerprint density at radius 1 is 1.35 bits per heavy atom. The molecular weight excluding hydrogens is 328 g/mol. The molecule has 0 aliphatic heterocycles. The highest BCUT2D eigenvalue weighted by Gasteiger charge is 2.11. The standard InChI is InChI=1S/C17H23ClN4S/c1-11(14-7-5-6-8-15(14)18)22-17(19-4)20-10-9-16-12(2)21-13(3)23-16/h5-8,11H,9-10H2,1-4H3,(H2,19,20,22). The number of benzene rings is 1. The monoisotopic (exact) mass is 350 g/mol. The largest absolute Gasteiger partial charge is 0.356 e. The summed E-state index contributed by atoms with van der Waals surface area (Å²) in [5, 5.41) is 8.60. The summed E-state index contributed by atoms with van der Waals surface area (Å²) in [5.41, 5.74) is 2.19. The van der Waals surface area contributed by atoms with E-state index in [1.807, 2.05) is 31.2 Å². The highest BCUT2D eigenvalue weighted by Crippen LogP contribution is 2.22. The van der Waals surface area contributed by atoms with Gasteiger partial charge in [0.05, 0.1) is 16.7 Å². The molecule has 2 rings (SSSR count). The Bertz CT molecular complexity index is 681. The molecule has 1 aromatic carbocycles. The third kappa shape index (κ3) is 4.94. The number of nitrogens with zero attached hydrogens (tertiary/aromatic N) is 2. The first-order chi connectivity index (χ1) is 11.0. The topological polar surface area (TPSA) is 49.3 Å². The predicted octanol–water partition coefficient (Wildman–Crippen LogP) is 3.88. The summed E-state index contributed by atoms with van der Waals surface area (Å²) in [7, 11) is 1.77. The number of nitrogens with one attached hydrogen (secondary N) is 2. The van der Waals surface area contributed by atoms with Crippen LogP contribution in [0.25, 0.3) is 0 Å². The Morgan fingerprint density at radius 2 is 2.09 bits per heavy atom. The maximum atomic E-state index is 6.24. The molecule has 23 heavy (non-hydrogen) atoms. The zero-order chi connectivity index (χ0) is 16.8. The number of thiazole rings is 1. The second-order valence-corrected chi connectivity index (χ2v) is 7.07. The molecule has 0 aliphatic carbocycles. The first-order valence-corrected chi connectivity index (χ1v) is 8.85. The van der Waals surface area contributed by atoms with Gasteiger partial charge >= 0.3 is 0 Å². The fourth-order valence-electron chi connectivity index (χ4n) is 2.40. The van der Waals surface area contributed by atoms with Gasteiger partial charge in [0.2, 0.25) is 0 Å². The van der Waals surface area contributed by atoms with Crippen LogP contribution in [0.5, 0.6) is 0 Å². The van der Waals surface area contributed by atoms with Crippen molar-refractivity contribution in [1.29, 1.82) is 0 Å². The minimum atomic E-state index is 0.0854. The molecule has 0 saturated heterocycles. The van der Waals surface area contributed by atoms with Gasteiger partial charge in [-0.2, -0.15) is 0 Å². The van der Waals surface area contributed by atoms with E-state index in [-0.39, 0.29) is 6.04 Å². The van der Waals surface area contributed by atoms with Gasteiger partial charge < -0.3 is 10.6 Å². The van der Waals surface area contributed by atoms with Crippen LogP contribution in [0.3, 0.4) is 0 Å². The van der Waals surface area contributed by atoms with E-state index in [1.54, 1.807) is 18.4 Å².